The van der Waals surface area contributed by atoms with Crippen LogP contribution in [0.1, 0.15) is 11.1 Å². The number of benzene rings is 1. The Morgan fingerprint density at radius 3 is 2.75 bits per heavy atom. The molecule has 0 saturated heterocycles. The van der Waals surface area contributed by atoms with Gasteiger partial charge in [-0.05, 0) is 37.1 Å². The van der Waals surface area contributed by atoms with Gasteiger partial charge in [0.25, 0.3) is 5.56 Å². The van der Waals surface area contributed by atoms with Gasteiger partial charge in [0, 0.05) is 23.6 Å². The average Bonchev–Trinajstić information content (AvgIpc) is 2.38. The Bertz CT molecular complexity index is 705. The van der Waals surface area contributed by atoms with Gasteiger partial charge in [-0.2, -0.15) is 0 Å². The number of amides is 1. The van der Waals surface area contributed by atoms with E-state index in [1.165, 1.54) is 22.9 Å². The second-order valence-corrected chi connectivity index (χ2v) is 4.80. The standard InChI is InChI=1S/C15H17N3O2/c1-10-3-4-11(2)13(7-10)17-14(19)9-18-8-12(16)5-6-15(18)20/h3-8H,9,16H2,1-2H3,(H,17,19). The summed E-state index contributed by atoms with van der Waals surface area (Å²) in [6.45, 7) is 3.82. The van der Waals surface area contributed by atoms with Crippen LogP contribution < -0.4 is 16.6 Å². The summed E-state index contributed by atoms with van der Waals surface area (Å²) >= 11 is 0. The number of nitrogens with one attached hydrogen (secondary N) is 1. The molecule has 0 atom stereocenters. The number of anilines is 2. The summed E-state index contributed by atoms with van der Waals surface area (Å²) in [6.07, 6.45) is 1.46. The number of aromatic nitrogens is 1. The van der Waals surface area contributed by atoms with Crippen LogP contribution in [0.3, 0.4) is 0 Å². The third-order valence-corrected chi connectivity index (χ3v) is 2.99. The van der Waals surface area contributed by atoms with Crippen LogP contribution in [0.2, 0.25) is 0 Å². The van der Waals surface area contributed by atoms with Crippen molar-refractivity contribution in [3.8, 4) is 0 Å². The van der Waals surface area contributed by atoms with Crippen molar-refractivity contribution in [3.63, 3.8) is 0 Å². The molecule has 1 amide bonds. The molecule has 0 bridgehead atoms. The highest BCUT2D eigenvalue weighted by molar-refractivity contribution is 5.91. The van der Waals surface area contributed by atoms with Crippen molar-refractivity contribution in [3.05, 3.63) is 58.0 Å². The Labute approximate surface area is 117 Å². The molecule has 0 aliphatic rings. The largest absolute Gasteiger partial charge is 0.398 e. The molecule has 0 aliphatic heterocycles. The molecule has 0 fully saturated rings. The van der Waals surface area contributed by atoms with E-state index >= 15 is 0 Å². The van der Waals surface area contributed by atoms with Crippen molar-refractivity contribution in [2.24, 2.45) is 0 Å². The summed E-state index contributed by atoms with van der Waals surface area (Å²) in [6, 6.07) is 8.68. The van der Waals surface area contributed by atoms with Gasteiger partial charge in [-0.15, -0.1) is 0 Å². The lowest BCUT2D eigenvalue weighted by Crippen LogP contribution is -2.27. The molecule has 1 aromatic heterocycles. The third kappa shape index (κ3) is 3.26. The number of nitrogens with two attached hydrogens (primary N) is 1. The fourth-order valence-corrected chi connectivity index (χ4v) is 1.89. The minimum atomic E-state index is -0.258. The molecule has 2 rings (SSSR count). The summed E-state index contributed by atoms with van der Waals surface area (Å²) in [7, 11) is 0. The lowest BCUT2D eigenvalue weighted by atomic mass is 10.1. The zero-order valence-corrected chi connectivity index (χ0v) is 11.5. The van der Waals surface area contributed by atoms with Gasteiger partial charge in [0.15, 0.2) is 0 Å². The average molecular weight is 271 g/mol. The van der Waals surface area contributed by atoms with E-state index in [0.717, 1.165) is 16.8 Å². The lowest BCUT2D eigenvalue weighted by Gasteiger charge is -2.10. The highest BCUT2D eigenvalue weighted by Gasteiger charge is 2.07. The Kier molecular flexibility index (Phi) is 3.89. The maximum atomic E-state index is 12.0. The van der Waals surface area contributed by atoms with Crippen molar-refractivity contribution in [1.29, 1.82) is 0 Å². The second-order valence-electron chi connectivity index (χ2n) is 4.80. The second kappa shape index (κ2) is 5.61. The van der Waals surface area contributed by atoms with Crippen molar-refractivity contribution in [2.45, 2.75) is 20.4 Å². The number of hydrogen-bond acceptors (Lipinski definition) is 3. The molecule has 0 spiro atoms. The number of carbonyl (C=O) groups excluding carboxylic acids is 1. The maximum absolute atomic E-state index is 12.0. The van der Waals surface area contributed by atoms with E-state index in [1.54, 1.807) is 0 Å². The molecule has 1 heterocycles. The normalized spacial score (nSPS) is 10.3. The molecule has 1 aromatic carbocycles. The van der Waals surface area contributed by atoms with Gasteiger partial charge in [0.1, 0.15) is 6.54 Å². The zero-order chi connectivity index (χ0) is 14.7. The van der Waals surface area contributed by atoms with Crippen LogP contribution in [-0.4, -0.2) is 10.5 Å². The number of carbonyl (C=O) groups is 1. The van der Waals surface area contributed by atoms with Gasteiger partial charge in [0.05, 0.1) is 0 Å². The van der Waals surface area contributed by atoms with Crippen molar-refractivity contribution >= 4 is 17.3 Å². The summed E-state index contributed by atoms with van der Waals surface area (Å²) in [5, 5.41) is 2.81. The van der Waals surface area contributed by atoms with Gasteiger partial charge in [-0.3, -0.25) is 9.59 Å². The molecule has 0 radical (unpaired) electrons. The summed E-state index contributed by atoms with van der Waals surface area (Å²) in [4.78, 5) is 23.6. The minimum Gasteiger partial charge on any atom is -0.398 e. The summed E-state index contributed by atoms with van der Waals surface area (Å²) in [5.41, 5.74) is 8.60. The SMILES string of the molecule is Cc1ccc(C)c(NC(=O)Cn2cc(N)ccc2=O)c1. The highest BCUT2D eigenvalue weighted by Crippen LogP contribution is 2.16. The van der Waals surface area contributed by atoms with Crippen LogP contribution in [0, 0.1) is 13.8 Å². The first kappa shape index (κ1) is 13.9. The molecular formula is C15H17N3O2. The first-order chi connectivity index (χ1) is 9.45. The smallest absolute Gasteiger partial charge is 0.251 e. The van der Waals surface area contributed by atoms with Gasteiger partial charge in [-0.1, -0.05) is 12.1 Å². The highest BCUT2D eigenvalue weighted by atomic mass is 16.2. The van der Waals surface area contributed by atoms with Gasteiger partial charge >= 0.3 is 0 Å². The summed E-state index contributed by atoms with van der Waals surface area (Å²) in [5.74, 6) is -0.258. The van der Waals surface area contributed by atoms with E-state index < -0.39 is 0 Å². The van der Waals surface area contributed by atoms with Crippen molar-refractivity contribution in [1.82, 2.24) is 4.57 Å². The van der Waals surface area contributed by atoms with E-state index in [0.29, 0.717) is 5.69 Å². The van der Waals surface area contributed by atoms with Crippen molar-refractivity contribution in [2.75, 3.05) is 11.1 Å². The first-order valence-corrected chi connectivity index (χ1v) is 6.29. The van der Waals surface area contributed by atoms with E-state index in [9.17, 15) is 9.59 Å². The fourth-order valence-electron chi connectivity index (χ4n) is 1.89. The topological polar surface area (TPSA) is 77.1 Å². The molecule has 20 heavy (non-hydrogen) atoms. The van der Waals surface area contributed by atoms with Gasteiger partial charge in [-0.25, -0.2) is 0 Å². The maximum Gasteiger partial charge on any atom is 0.251 e. The molecule has 0 aliphatic carbocycles. The van der Waals surface area contributed by atoms with E-state index in [4.69, 9.17) is 5.73 Å². The number of pyridine rings is 1. The Hall–Kier alpha value is -2.56. The fraction of sp³-hybridized carbons (Fsp3) is 0.200. The molecule has 0 saturated carbocycles. The van der Waals surface area contributed by atoms with Gasteiger partial charge in [0.2, 0.25) is 5.91 Å². The summed E-state index contributed by atoms with van der Waals surface area (Å²) < 4.78 is 1.29. The van der Waals surface area contributed by atoms with Crippen LogP contribution in [0.5, 0.6) is 0 Å². The number of rotatable bonds is 3. The van der Waals surface area contributed by atoms with Crippen LogP contribution in [0.4, 0.5) is 11.4 Å². The first-order valence-electron chi connectivity index (χ1n) is 6.29. The monoisotopic (exact) mass is 271 g/mol. The predicted octanol–water partition coefficient (Wildman–Crippen LogP) is 1.69. The van der Waals surface area contributed by atoms with Crippen LogP contribution >= 0.6 is 0 Å². The Morgan fingerprint density at radius 1 is 1.25 bits per heavy atom. The quantitative estimate of drug-likeness (QED) is 0.891. The van der Waals surface area contributed by atoms with E-state index in [1.807, 2.05) is 32.0 Å². The van der Waals surface area contributed by atoms with Crippen LogP contribution in [-0.2, 0) is 11.3 Å². The van der Waals surface area contributed by atoms with Crippen molar-refractivity contribution < 1.29 is 4.79 Å². The third-order valence-electron chi connectivity index (χ3n) is 2.99. The predicted molar refractivity (Wildman–Crippen MR) is 79.7 cm³/mol. The molecule has 0 unspecified atom stereocenters. The number of aryl methyl sites for hydroxylation is 2. The zero-order valence-electron chi connectivity index (χ0n) is 11.5. The van der Waals surface area contributed by atoms with Crippen LogP contribution in [0.25, 0.3) is 0 Å². The number of nitrogen functional groups attached to an aromatic ring is 1. The number of hydrogen-bond donors (Lipinski definition) is 2. The van der Waals surface area contributed by atoms with E-state index in [2.05, 4.69) is 5.32 Å². The molecular weight excluding hydrogens is 254 g/mol. The lowest BCUT2D eigenvalue weighted by molar-refractivity contribution is -0.116. The number of nitrogens with zero attached hydrogens (tertiary/aromatic N) is 1. The van der Waals surface area contributed by atoms with Crippen LogP contribution in [0.15, 0.2) is 41.3 Å². The molecule has 5 heteroatoms. The Morgan fingerprint density at radius 2 is 2.00 bits per heavy atom. The minimum absolute atomic E-state index is 0.0583. The molecule has 3 N–H and O–H groups in total. The molecule has 104 valence electrons. The van der Waals surface area contributed by atoms with Gasteiger partial charge < -0.3 is 15.6 Å². The van der Waals surface area contributed by atoms with E-state index in [-0.39, 0.29) is 18.0 Å². The molecule has 5 nitrogen and oxygen atoms in total. The Balaban J connectivity index is 2.15. The molecule has 2 aromatic rings.